The third-order valence-electron chi connectivity index (χ3n) is 3.11. The van der Waals surface area contributed by atoms with Crippen molar-refractivity contribution in [2.24, 2.45) is 0 Å². The molecule has 0 aliphatic rings. The number of unbranched alkanes of at least 4 members (excludes halogenated alkanes) is 1. The van der Waals surface area contributed by atoms with Crippen molar-refractivity contribution in [2.45, 2.75) is 46.6 Å². The van der Waals surface area contributed by atoms with Crippen molar-refractivity contribution in [3.8, 4) is 0 Å². The highest BCUT2D eigenvalue weighted by atomic mass is 15.1. The normalized spacial score (nSPS) is 11.0. The number of nitrogens with zero attached hydrogens (tertiary/aromatic N) is 1. The van der Waals surface area contributed by atoms with E-state index in [1.807, 2.05) is 0 Å². The lowest BCUT2D eigenvalue weighted by Gasteiger charge is -2.20. The summed E-state index contributed by atoms with van der Waals surface area (Å²) in [6.07, 6.45) is 3.72. The zero-order valence-corrected chi connectivity index (χ0v) is 11.0. The molecule has 0 radical (unpaired) electrons. The van der Waals surface area contributed by atoms with E-state index in [0.29, 0.717) is 0 Å². The van der Waals surface area contributed by atoms with Gasteiger partial charge in [-0.2, -0.15) is 0 Å². The van der Waals surface area contributed by atoms with E-state index in [2.05, 4.69) is 49.9 Å². The number of aryl methyl sites for hydroxylation is 1. The van der Waals surface area contributed by atoms with Crippen molar-refractivity contribution >= 4 is 0 Å². The molecule has 1 rings (SSSR count). The van der Waals surface area contributed by atoms with Crippen LogP contribution >= 0.6 is 0 Å². The second kappa shape index (κ2) is 7.45. The predicted octanol–water partition coefficient (Wildman–Crippen LogP) is 3.87. The van der Waals surface area contributed by atoms with E-state index < -0.39 is 0 Å². The van der Waals surface area contributed by atoms with Crippen molar-refractivity contribution in [3.05, 3.63) is 35.4 Å². The quantitative estimate of drug-likeness (QED) is 0.673. The highest BCUT2D eigenvalue weighted by Crippen LogP contribution is 2.08. The average molecular weight is 219 g/mol. The molecule has 0 bridgehead atoms. The van der Waals surface area contributed by atoms with Crippen LogP contribution in [0.2, 0.25) is 0 Å². The van der Waals surface area contributed by atoms with Gasteiger partial charge >= 0.3 is 0 Å². The molecule has 0 aliphatic heterocycles. The van der Waals surface area contributed by atoms with Gasteiger partial charge in [-0.3, -0.25) is 4.90 Å². The van der Waals surface area contributed by atoms with Crippen LogP contribution in [0.25, 0.3) is 0 Å². The number of benzene rings is 1. The molecule has 0 spiro atoms. The van der Waals surface area contributed by atoms with Crippen LogP contribution in [0.15, 0.2) is 24.3 Å². The molecule has 0 amide bonds. The first-order valence-corrected chi connectivity index (χ1v) is 6.60. The number of rotatable bonds is 7. The summed E-state index contributed by atoms with van der Waals surface area (Å²) in [6, 6.07) is 9.05. The lowest BCUT2D eigenvalue weighted by atomic mass is 10.1. The summed E-state index contributed by atoms with van der Waals surface area (Å²) in [6.45, 7) is 10.2. The predicted molar refractivity (Wildman–Crippen MR) is 71.7 cm³/mol. The monoisotopic (exact) mass is 219 g/mol. The minimum absolute atomic E-state index is 1.10. The van der Waals surface area contributed by atoms with Gasteiger partial charge in [-0.15, -0.1) is 0 Å². The third kappa shape index (κ3) is 4.36. The molecule has 0 heterocycles. The van der Waals surface area contributed by atoms with Gasteiger partial charge in [-0.1, -0.05) is 51.5 Å². The fraction of sp³-hybridized carbons (Fsp3) is 0.600. The van der Waals surface area contributed by atoms with Crippen LogP contribution in [0.4, 0.5) is 0 Å². The van der Waals surface area contributed by atoms with E-state index in [1.165, 1.54) is 30.5 Å². The van der Waals surface area contributed by atoms with Gasteiger partial charge in [-0.25, -0.2) is 0 Å². The molecule has 0 aliphatic carbocycles. The summed E-state index contributed by atoms with van der Waals surface area (Å²) >= 11 is 0. The van der Waals surface area contributed by atoms with Gasteiger partial charge in [0.25, 0.3) is 0 Å². The van der Waals surface area contributed by atoms with Crippen molar-refractivity contribution < 1.29 is 0 Å². The maximum Gasteiger partial charge on any atom is 0.0233 e. The van der Waals surface area contributed by atoms with Crippen LogP contribution < -0.4 is 0 Å². The minimum atomic E-state index is 1.10. The van der Waals surface area contributed by atoms with E-state index in [-0.39, 0.29) is 0 Å². The highest BCUT2D eigenvalue weighted by Gasteiger charge is 2.02. The Balaban J connectivity index is 2.49. The first-order valence-electron chi connectivity index (χ1n) is 6.60. The van der Waals surface area contributed by atoms with Crippen LogP contribution in [-0.2, 0) is 13.0 Å². The summed E-state index contributed by atoms with van der Waals surface area (Å²) in [5, 5.41) is 0. The van der Waals surface area contributed by atoms with Gasteiger partial charge in [0.15, 0.2) is 0 Å². The molecule has 0 atom stereocenters. The van der Waals surface area contributed by atoms with Gasteiger partial charge < -0.3 is 0 Å². The van der Waals surface area contributed by atoms with Gasteiger partial charge in [0.05, 0.1) is 0 Å². The van der Waals surface area contributed by atoms with Crippen LogP contribution in [0.3, 0.4) is 0 Å². The third-order valence-corrected chi connectivity index (χ3v) is 3.11. The van der Waals surface area contributed by atoms with Crippen molar-refractivity contribution in [1.82, 2.24) is 4.90 Å². The smallest absolute Gasteiger partial charge is 0.0233 e. The van der Waals surface area contributed by atoms with E-state index >= 15 is 0 Å². The van der Waals surface area contributed by atoms with Gasteiger partial charge in [0, 0.05) is 6.54 Å². The Bertz CT molecular complexity index is 276. The number of hydrogen-bond donors (Lipinski definition) is 0. The first kappa shape index (κ1) is 13.2. The highest BCUT2D eigenvalue weighted by molar-refractivity contribution is 5.22. The lowest BCUT2D eigenvalue weighted by molar-refractivity contribution is 0.275. The fourth-order valence-corrected chi connectivity index (χ4v) is 1.87. The largest absolute Gasteiger partial charge is 0.299 e. The molecular weight excluding hydrogens is 194 g/mol. The summed E-state index contributed by atoms with van der Waals surface area (Å²) < 4.78 is 0. The molecule has 0 aromatic heterocycles. The van der Waals surface area contributed by atoms with Crippen LogP contribution in [0.1, 0.15) is 44.7 Å². The van der Waals surface area contributed by atoms with Gasteiger partial charge in [-0.05, 0) is 37.1 Å². The van der Waals surface area contributed by atoms with Gasteiger partial charge in [0.1, 0.15) is 0 Å². The lowest BCUT2D eigenvalue weighted by Crippen LogP contribution is -2.23. The fourth-order valence-electron chi connectivity index (χ4n) is 1.87. The van der Waals surface area contributed by atoms with Crippen LogP contribution in [0, 0.1) is 0 Å². The molecule has 1 nitrogen and oxygen atoms in total. The average Bonchev–Trinajstić information content (AvgIpc) is 2.35. The zero-order valence-electron chi connectivity index (χ0n) is 11.0. The molecule has 0 fully saturated rings. The van der Waals surface area contributed by atoms with Crippen LogP contribution in [-0.4, -0.2) is 18.0 Å². The standard InChI is InChI=1S/C15H25N/c1-4-7-12-16(6-3)13-15-10-8-14(5-2)9-11-15/h8-11H,4-7,12-13H2,1-3H3. The van der Waals surface area contributed by atoms with E-state index in [1.54, 1.807) is 0 Å². The Hall–Kier alpha value is -0.820. The summed E-state index contributed by atoms with van der Waals surface area (Å²) in [7, 11) is 0. The Kier molecular flexibility index (Phi) is 6.17. The first-order chi connectivity index (χ1) is 7.80. The maximum atomic E-state index is 2.52. The zero-order chi connectivity index (χ0) is 11.8. The summed E-state index contributed by atoms with van der Waals surface area (Å²) in [5.74, 6) is 0. The summed E-state index contributed by atoms with van der Waals surface area (Å²) in [5.41, 5.74) is 2.87. The molecule has 0 N–H and O–H groups in total. The van der Waals surface area contributed by atoms with E-state index in [9.17, 15) is 0 Å². The van der Waals surface area contributed by atoms with E-state index in [4.69, 9.17) is 0 Å². The number of hydrogen-bond acceptors (Lipinski definition) is 1. The molecule has 16 heavy (non-hydrogen) atoms. The second-order valence-electron chi connectivity index (χ2n) is 4.39. The SMILES string of the molecule is CCCCN(CC)Cc1ccc(CC)cc1. The molecule has 0 unspecified atom stereocenters. The Morgan fingerprint density at radius 3 is 2.06 bits per heavy atom. The van der Waals surface area contributed by atoms with Crippen molar-refractivity contribution in [1.29, 1.82) is 0 Å². The molecule has 0 saturated heterocycles. The minimum Gasteiger partial charge on any atom is -0.299 e. The molecule has 90 valence electrons. The molecule has 1 aromatic rings. The van der Waals surface area contributed by atoms with Crippen molar-refractivity contribution in [2.75, 3.05) is 13.1 Å². The van der Waals surface area contributed by atoms with Crippen molar-refractivity contribution in [3.63, 3.8) is 0 Å². The van der Waals surface area contributed by atoms with Gasteiger partial charge in [0.2, 0.25) is 0 Å². The Labute approximate surface area is 100 Å². The van der Waals surface area contributed by atoms with Crippen LogP contribution in [0.5, 0.6) is 0 Å². The molecule has 1 aromatic carbocycles. The summed E-state index contributed by atoms with van der Waals surface area (Å²) in [4.78, 5) is 2.52. The van der Waals surface area contributed by atoms with E-state index in [0.717, 1.165) is 19.5 Å². The molecule has 0 saturated carbocycles. The second-order valence-corrected chi connectivity index (χ2v) is 4.39. The molecular formula is C15H25N. The Morgan fingerprint density at radius 2 is 1.56 bits per heavy atom. The Morgan fingerprint density at radius 1 is 0.938 bits per heavy atom. The molecule has 1 heteroatoms. The maximum absolute atomic E-state index is 2.52. The topological polar surface area (TPSA) is 3.24 Å².